The monoisotopic (exact) mass is 544 g/mol. The minimum absolute atomic E-state index is 0.0770. The van der Waals surface area contributed by atoms with Gasteiger partial charge in [0.25, 0.3) is 5.91 Å². The van der Waals surface area contributed by atoms with Crippen LogP contribution >= 0.6 is 11.3 Å². The van der Waals surface area contributed by atoms with Crippen molar-refractivity contribution in [3.05, 3.63) is 107 Å². The molecule has 0 radical (unpaired) electrons. The van der Waals surface area contributed by atoms with Crippen molar-refractivity contribution in [2.24, 2.45) is 0 Å². The maximum Gasteiger partial charge on any atom is 0.421 e. The number of amides is 3. The minimum Gasteiger partial charge on any atom is -0.495 e. The van der Waals surface area contributed by atoms with Gasteiger partial charge in [-0.1, -0.05) is 78.1 Å². The average Bonchev–Trinajstić information content (AvgIpc) is 3.45. The number of benzene rings is 3. The van der Waals surface area contributed by atoms with Crippen LogP contribution in [0.1, 0.15) is 33.3 Å². The first-order valence-electron chi connectivity index (χ1n) is 12.1. The molecule has 1 aromatic heterocycles. The molecule has 0 saturated heterocycles. The Morgan fingerprint density at radius 1 is 0.846 bits per heavy atom. The van der Waals surface area contributed by atoms with E-state index in [0.29, 0.717) is 29.4 Å². The fourth-order valence-corrected chi connectivity index (χ4v) is 4.46. The summed E-state index contributed by atoms with van der Waals surface area (Å²) in [5.41, 5.74) is 3.15. The van der Waals surface area contributed by atoms with Crippen LogP contribution in [0, 0.1) is 0 Å². The number of hydrogen-bond acceptors (Lipinski definition) is 7. The van der Waals surface area contributed by atoms with Crippen LogP contribution in [0.5, 0.6) is 5.75 Å². The topological polar surface area (TPSA) is 110 Å². The Hall–Kier alpha value is -4.70. The van der Waals surface area contributed by atoms with Crippen LogP contribution in [0.25, 0.3) is 0 Å². The molecule has 0 unspecified atom stereocenters. The van der Waals surface area contributed by atoms with E-state index in [1.165, 1.54) is 25.1 Å². The number of hydrogen-bond donors (Lipinski definition) is 2. The van der Waals surface area contributed by atoms with E-state index in [0.717, 1.165) is 28.0 Å². The van der Waals surface area contributed by atoms with Crippen molar-refractivity contribution in [1.29, 1.82) is 0 Å². The molecular weight excluding hydrogens is 516 g/mol. The van der Waals surface area contributed by atoms with E-state index < -0.39 is 6.09 Å². The SMILES string of the molecule is COc1ccccc1N(C(=O)OCc1ccccc1)c1ncc(C(=O)NCc2ccc(CNC(C)=O)cc2)s1. The Morgan fingerprint density at radius 2 is 1.49 bits per heavy atom. The molecule has 10 heteroatoms. The molecular formula is C29H28N4O5S. The van der Waals surface area contributed by atoms with Gasteiger partial charge in [0.05, 0.1) is 19.0 Å². The summed E-state index contributed by atoms with van der Waals surface area (Å²) in [7, 11) is 1.51. The second-order valence-electron chi connectivity index (χ2n) is 8.46. The van der Waals surface area contributed by atoms with Crippen LogP contribution in [0.3, 0.4) is 0 Å². The Labute approximate surface area is 230 Å². The molecule has 2 N–H and O–H groups in total. The number of anilines is 2. The summed E-state index contributed by atoms with van der Waals surface area (Å²) >= 11 is 1.07. The Morgan fingerprint density at radius 3 is 2.15 bits per heavy atom. The zero-order valence-electron chi connectivity index (χ0n) is 21.5. The normalized spacial score (nSPS) is 10.4. The number of methoxy groups -OCH3 is 1. The third-order valence-electron chi connectivity index (χ3n) is 5.64. The summed E-state index contributed by atoms with van der Waals surface area (Å²) in [6, 6.07) is 24.0. The van der Waals surface area contributed by atoms with Gasteiger partial charge in [0.1, 0.15) is 17.2 Å². The predicted octanol–water partition coefficient (Wildman–Crippen LogP) is 5.19. The number of nitrogens with zero attached hydrogens (tertiary/aromatic N) is 2. The highest BCUT2D eigenvalue weighted by Gasteiger charge is 2.27. The van der Waals surface area contributed by atoms with E-state index in [-0.39, 0.29) is 23.6 Å². The first-order valence-corrected chi connectivity index (χ1v) is 13.0. The summed E-state index contributed by atoms with van der Waals surface area (Å²) in [5, 5.41) is 5.89. The molecule has 0 aliphatic carbocycles. The average molecular weight is 545 g/mol. The maximum atomic E-state index is 13.3. The fraction of sp³-hybridized carbons (Fsp3) is 0.172. The van der Waals surface area contributed by atoms with Crippen molar-refractivity contribution in [3.63, 3.8) is 0 Å². The summed E-state index contributed by atoms with van der Waals surface area (Å²) in [6.45, 7) is 2.30. The van der Waals surface area contributed by atoms with Crippen LogP contribution < -0.4 is 20.3 Å². The molecule has 0 bridgehead atoms. The molecule has 0 saturated carbocycles. The first-order chi connectivity index (χ1) is 18.9. The number of rotatable bonds is 10. The third kappa shape index (κ3) is 7.42. The van der Waals surface area contributed by atoms with Crippen LogP contribution in [0.4, 0.5) is 15.6 Å². The summed E-state index contributed by atoms with van der Waals surface area (Å²) < 4.78 is 11.1. The van der Waals surface area contributed by atoms with Gasteiger partial charge in [0, 0.05) is 20.0 Å². The highest BCUT2D eigenvalue weighted by molar-refractivity contribution is 7.17. The van der Waals surface area contributed by atoms with E-state index >= 15 is 0 Å². The van der Waals surface area contributed by atoms with E-state index in [1.807, 2.05) is 54.6 Å². The zero-order chi connectivity index (χ0) is 27.6. The lowest BCUT2D eigenvalue weighted by atomic mass is 10.1. The number of thiazole rings is 1. The molecule has 39 heavy (non-hydrogen) atoms. The van der Waals surface area contributed by atoms with Crippen LogP contribution in [0.15, 0.2) is 85.1 Å². The Kier molecular flexibility index (Phi) is 9.25. The van der Waals surface area contributed by atoms with Gasteiger partial charge in [-0.3, -0.25) is 9.59 Å². The summed E-state index contributed by atoms with van der Waals surface area (Å²) in [6.07, 6.45) is 0.780. The zero-order valence-corrected chi connectivity index (χ0v) is 22.4. The molecule has 0 fully saturated rings. The third-order valence-corrected chi connectivity index (χ3v) is 6.62. The van der Waals surface area contributed by atoms with Gasteiger partial charge < -0.3 is 20.1 Å². The lowest BCUT2D eigenvalue weighted by Gasteiger charge is -2.21. The number of carbonyl (C=O) groups is 3. The van der Waals surface area contributed by atoms with Crippen molar-refractivity contribution in [1.82, 2.24) is 15.6 Å². The molecule has 200 valence electrons. The second kappa shape index (κ2) is 13.2. The molecule has 0 aliphatic heterocycles. The molecule has 0 atom stereocenters. The van der Waals surface area contributed by atoms with Crippen molar-refractivity contribution >= 4 is 40.1 Å². The molecule has 4 aromatic rings. The van der Waals surface area contributed by atoms with E-state index in [2.05, 4.69) is 15.6 Å². The standard InChI is InChI=1S/C29H28N4O5S/c1-20(34)30-16-21-12-14-22(15-13-21)17-31-27(35)26-18-32-28(39-26)33(24-10-6-7-11-25(24)37-2)29(36)38-19-23-8-4-3-5-9-23/h3-15,18H,16-17,19H2,1-2H3,(H,30,34)(H,31,35). The molecule has 3 amide bonds. The smallest absolute Gasteiger partial charge is 0.421 e. The number of nitrogens with one attached hydrogen (secondary N) is 2. The van der Waals surface area contributed by atoms with E-state index in [1.54, 1.807) is 24.3 Å². The first kappa shape index (κ1) is 27.3. The van der Waals surface area contributed by atoms with Crippen molar-refractivity contribution in [2.45, 2.75) is 26.6 Å². The van der Waals surface area contributed by atoms with Gasteiger partial charge in [-0.25, -0.2) is 14.7 Å². The molecule has 1 heterocycles. The lowest BCUT2D eigenvalue weighted by Crippen LogP contribution is -2.27. The minimum atomic E-state index is -0.649. The summed E-state index contributed by atoms with van der Waals surface area (Å²) in [4.78, 5) is 43.3. The predicted molar refractivity (Wildman–Crippen MR) is 149 cm³/mol. The Bertz CT molecular complexity index is 1420. The number of ether oxygens (including phenoxy) is 2. The molecule has 9 nitrogen and oxygen atoms in total. The number of carbonyl (C=O) groups excluding carboxylic acids is 3. The second-order valence-corrected chi connectivity index (χ2v) is 9.47. The van der Waals surface area contributed by atoms with Gasteiger partial charge in [-0.05, 0) is 28.8 Å². The number of aromatic nitrogens is 1. The highest BCUT2D eigenvalue weighted by Crippen LogP contribution is 2.36. The quantitative estimate of drug-likeness (QED) is 0.284. The van der Waals surface area contributed by atoms with Crippen LogP contribution in [-0.2, 0) is 29.2 Å². The van der Waals surface area contributed by atoms with Gasteiger partial charge in [-0.15, -0.1) is 0 Å². The molecule has 0 spiro atoms. The molecule has 4 rings (SSSR count). The Balaban J connectivity index is 1.47. The van der Waals surface area contributed by atoms with Crippen molar-refractivity contribution in [3.8, 4) is 5.75 Å². The van der Waals surface area contributed by atoms with Gasteiger partial charge in [-0.2, -0.15) is 0 Å². The van der Waals surface area contributed by atoms with Gasteiger partial charge in [0.2, 0.25) is 5.91 Å². The van der Waals surface area contributed by atoms with E-state index in [9.17, 15) is 14.4 Å². The number of para-hydroxylation sites is 2. The molecule has 3 aromatic carbocycles. The van der Waals surface area contributed by atoms with Crippen LogP contribution in [0.2, 0.25) is 0 Å². The van der Waals surface area contributed by atoms with Crippen molar-refractivity contribution in [2.75, 3.05) is 12.0 Å². The molecule has 0 aliphatic rings. The fourth-order valence-electron chi connectivity index (χ4n) is 3.62. The van der Waals surface area contributed by atoms with Gasteiger partial charge >= 0.3 is 6.09 Å². The highest BCUT2D eigenvalue weighted by atomic mass is 32.1. The van der Waals surface area contributed by atoms with Gasteiger partial charge in [0.15, 0.2) is 5.13 Å². The van der Waals surface area contributed by atoms with Crippen molar-refractivity contribution < 1.29 is 23.9 Å². The lowest BCUT2D eigenvalue weighted by molar-refractivity contribution is -0.119. The van der Waals surface area contributed by atoms with E-state index in [4.69, 9.17) is 9.47 Å². The largest absolute Gasteiger partial charge is 0.495 e. The summed E-state index contributed by atoms with van der Waals surface area (Å²) in [5.74, 6) is 0.0417. The van der Waals surface area contributed by atoms with Crippen LogP contribution in [-0.4, -0.2) is 30.0 Å². The maximum absolute atomic E-state index is 13.3.